The molecule has 0 spiro atoms. The van der Waals surface area contributed by atoms with E-state index in [4.69, 9.17) is 18.9 Å². The lowest BCUT2D eigenvalue weighted by molar-refractivity contribution is -0.141. The molecule has 0 radical (unpaired) electrons. The van der Waals surface area contributed by atoms with Crippen LogP contribution in [0.2, 0.25) is 0 Å². The molecule has 35 heavy (non-hydrogen) atoms. The van der Waals surface area contributed by atoms with Crippen molar-refractivity contribution >= 4 is 5.97 Å². The van der Waals surface area contributed by atoms with Crippen molar-refractivity contribution in [2.75, 3.05) is 20.8 Å². The monoisotopic (exact) mass is 469 g/mol. The van der Waals surface area contributed by atoms with Gasteiger partial charge < -0.3 is 18.9 Å². The fraction of sp³-hybridized carbons (Fsp3) is 0.310. The Bertz CT molecular complexity index is 1310. The molecule has 1 aliphatic carbocycles. The second-order valence-corrected chi connectivity index (χ2v) is 8.93. The number of benzene rings is 3. The quantitative estimate of drug-likeness (QED) is 0.439. The average Bonchev–Trinajstić information content (AvgIpc) is 3.48. The van der Waals surface area contributed by atoms with Gasteiger partial charge >= 0.3 is 5.97 Å². The molecule has 6 nitrogen and oxygen atoms in total. The zero-order valence-electron chi connectivity index (χ0n) is 19.9. The minimum atomic E-state index is -0.240. The first kappa shape index (κ1) is 22.8. The Morgan fingerprint density at radius 1 is 1.09 bits per heavy atom. The average molecular weight is 470 g/mol. The molecule has 3 aromatic carbocycles. The van der Waals surface area contributed by atoms with Crippen LogP contribution in [0.3, 0.4) is 0 Å². The Morgan fingerprint density at radius 3 is 2.74 bits per heavy atom. The highest BCUT2D eigenvalue weighted by molar-refractivity contribution is 5.71. The molecule has 6 heteroatoms. The van der Waals surface area contributed by atoms with Crippen LogP contribution in [0.25, 0.3) is 0 Å². The summed E-state index contributed by atoms with van der Waals surface area (Å²) in [6.07, 6.45) is 2.59. The summed E-state index contributed by atoms with van der Waals surface area (Å²) in [6, 6.07) is 20.1. The van der Waals surface area contributed by atoms with Gasteiger partial charge in [0.25, 0.3) is 0 Å². The minimum Gasteiger partial charge on any atom is -0.497 e. The second kappa shape index (κ2) is 9.71. The summed E-state index contributed by atoms with van der Waals surface area (Å²) >= 11 is 0. The number of nitriles is 1. The van der Waals surface area contributed by atoms with Gasteiger partial charge in [-0.25, -0.2) is 0 Å². The van der Waals surface area contributed by atoms with Gasteiger partial charge in [0.2, 0.25) is 0 Å². The summed E-state index contributed by atoms with van der Waals surface area (Å²) in [5.41, 5.74) is 6.21. The molecule has 1 aliphatic heterocycles. The molecule has 0 fully saturated rings. The Morgan fingerprint density at radius 2 is 1.94 bits per heavy atom. The fourth-order valence-corrected chi connectivity index (χ4v) is 5.10. The van der Waals surface area contributed by atoms with Crippen LogP contribution in [-0.2, 0) is 22.4 Å². The third-order valence-electron chi connectivity index (χ3n) is 6.89. The normalized spacial score (nSPS) is 17.6. The highest BCUT2D eigenvalue weighted by Crippen LogP contribution is 2.42. The molecule has 0 N–H and O–H groups in total. The lowest BCUT2D eigenvalue weighted by atomic mass is 9.92. The Balaban J connectivity index is 1.37. The summed E-state index contributed by atoms with van der Waals surface area (Å²) in [5, 5.41) is 9.76. The van der Waals surface area contributed by atoms with Crippen LogP contribution in [0.15, 0.2) is 54.6 Å². The molecule has 5 rings (SSSR count). The molecule has 1 heterocycles. The Hall–Kier alpha value is -3.98. The van der Waals surface area contributed by atoms with Gasteiger partial charge in [-0.2, -0.15) is 5.26 Å². The SMILES string of the molecule is COC(=O)C[C@@H]1COc2cc(O[C@@H]3CCc4c3ccc(C#N)c4Cc3cccc(OC)c3)ccc21. The van der Waals surface area contributed by atoms with E-state index in [0.717, 1.165) is 52.3 Å². The van der Waals surface area contributed by atoms with Gasteiger partial charge in [0.05, 0.1) is 38.9 Å². The lowest BCUT2D eigenvalue weighted by Gasteiger charge is -2.17. The summed E-state index contributed by atoms with van der Waals surface area (Å²) < 4.78 is 22.4. The number of carbonyl (C=O) groups excluding carboxylic acids is 1. The smallest absolute Gasteiger partial charge is 0.306 e. The van der Waals surface area contributed by atoms with Gasteiger partial charge in [0, 0.05) is 17.5 Å². The molecule has 2 aliphatic rings. The van der Waals surface area contributed by atoms with E-state index in [0.29, 0.717) is 25.0 Å². The van der Waals surface area contributed by atoms with E-state index in [1.807, 2.05) is 48.5 Å². The first-order valence-electron chi connectivity index (χ1n) is 11.8. The van der Waals surface area contributed by atoms with Crippen molar-refractivity contribution in [2.24, 2.45) is 0 Å². The van der Waals surface area contributed by atoms with Crippen molar-refractivity contribution in [2.45, 2.75) is 37.7 Å². The molecule has 0 aromatic heterocycles. The van der Waals surface area contributed by atoms with Crippen LogP contribution in [0.5, 0.6) is 17.2 Å². The van der Waals surface area contributed by atoms with Gasteiger partial charge in [-0.3, -0.25) is 4.79 Å². The van der Waals surface area contributed by atoms with E-state index in [9.17, 15) is 10.1 Å². The van der Waals surface area contributed by atoms with Crippen molar-refractivity contribution in [3.63, 3.8) is 0 Å². The standard InChI is InChI=1S/C29H27NO5/c1-32-21-5-3-4-18(12-21)13-26-19(16-30)6-8-25-24(26)10-11-27(25)35-22-7-9-23-20(14-29(31)33-2)17-34-28(23)15-22/h3-9,12,15,20,27H,10-11,13-14,17H2,1-2H3/t20-,27-/m1/s1. The van der Waals surface area contributed by atoms with Crippen LogP contribution < -0.4 is 14.2 Å². The Kier molecular flexibility index (Phi) is 6.33. The summed E-state index contributed by atoms with van der Waals surface area (Å²) in [4.78, 5) is 11.7. The van der Waals surface area contributed by atoms with Gasteiger partial charge in [-0.15, -0.1) is 0 Å². The van der Waals surface area contributed by atoms with Gasteiger partial charge in [0.1, 0.15) is 23.4 Å². The third kappa shape index (κ3) is 4.54. The molecular weight excluding hydrogens is 442 g/mol. The van der Waals surface area contributed by atoms with Gasteiger partial charge in [-0.05, 0) is 65.8 Å². The minimum absolute atomic E-state index is 0.00211. The molecule has 0 amide bonds. The number of carbonyl (C=O) groups is 1. The lowest BCUT2D eigenvalue weighted by Crippen LogP contribution is -2.09. The third-order valence-corrected chi connectivity index (χ3v) is 6.89. The zero-order chi connectivity index (χ0) is 24.4. The van der Waals surface area contributed by atoms with Crippen LogP contribution in [0.1, 0.15) is 58.2 Å². The van der Waals surface area contributed by atoms with E-state index in [-0.39, 0.29) is 18.0 Å². The largest absolute Gasteiger partial charge is 0.497 e. The Labute approximate surface area is 205 Å². The van der Waals surface area contributed by atoms with Crippen molar-refractivity contribution in [1.82, 2.24) is 0 Å². The maximum Gasteiger partial charge on any atom is 0.306 e. The van der Waals surface area contributed by atoms with Crippen molar-refractivity contribution < 1.29 is 23.7 Å². The maximum absolute atomic E-state index is 11.7. The number of rotatable bonds is 7. The number of ether oxygens (including phenoxy) is 4. The molecule has 178 valence electrons. The summed E-state index contributed by atoms with van der Waals surface area (Å²) in [6.45, 7) is 0.463. The van der Waals surface area contributed by atoms with Crippen molar-refractivity contribution in [1.29, 1.82) is 5.26 Å². The fourth-order valence-electron chi connectivity index (χ4n) is 5.10. The molecule has 0 saturated heterocycles. The molecule has 0 unspecified atom stereocenters. The van der Waals surface area contributed by atoms with Crippen molar-refractivity contribution in [3.8, 4) is 23.3 Å². The number of hydrogen-bond acceptors (Lipinski definition) is 6. The maximum atomic E-state index is 11.7. The van der Waals surface area contributed by atoms with E-state index >= 15 is 0 Å². The zero-order valence-corrected chi connectivity index (χ0v) is 19.9. The predicted octanol–water partition coefficient (Wildman–Crippen LogP) is 5.26. The number of fused-ring (bicyclic) bond motifs is 2. The molecule has 0 bridgehead atoms. The molecule has 0 saturated carbocycles. The number of hydrogen-bond donors (Lipinski definition) is 0. The number of methoxy groups -OCH3 is 2. The van der Waals surface area contributed by atoms with Gasteiger partial charge in [0.15, 0.2) is 0 Å². The topological polar surface area (TPSA) is 77.8 Å². The summed E-state index contributed by atoms with van der Waals surface area (Å²) in [7, 11) is 3.06. The van der Waals surface area contributed by atoms with E-state index < -0.39 is 0 Å². The molecule has 2 atom stereocenters. The molecule has 3 aromatic rings. The number of esters is 1. The van der Waals surface area contributed by atoms with E-state index in [1.165, 1.54) is 12.7 Å². The molecular formula is C29H27NO5. The predicted molar refractivity (Wildman–Crippen MR) is 130 cm³/mol. The second-order valence-electron chi connectivity index (χ2n) is 8.93. The summed E-state index contributed by atoms with van der Waals surface area (Å²) in [5.74, 6) is 2.06. The van der Waals surface area contributed by atoms with Crippen LogP contribution in [0, 0.1) is 11.3 Å². The van der Waals surface area contributed by atoms with Crippen molar-refractivity contribution in [3.05, 3.63) is 88.0 Å². The van der Waals surface area contributed by atoms with Crippen LogP contribution >= 0.6 is 0 Å². The van der Waals surface area contributed by atoms with E-state index in [1.54, 1.807) is 7.11 Å². The van der Waals surface area contributed by atoms with Crippen LogP contribution in [-0.4, -0.2) is 26.8 Å². The van der Waals surface area contributed by atoms with Gasteiger partial charge in [-0.1, -0.05) is 24.3 Å². The highest BCUT2D eigenvalue weighted by Gasteiger charge is 2.30. The van der Waals surface area contributed by atoms with E-state index in [2.05, 4.69) is 12.1 Å². The highest BCUT2D eigenvalue weighted by atomic mass is 16.5. The number of nitrogens with zero attached hydrogens (tertiary/aromatic N) is 1. The first-order chi connectivity index (χ1) is 17.1. The van der Waals surface area contributed by atoms with Crippen LogP contribution in [0.4, 0.5) is 0 Å². The first-order valence-corrected chi connectivity index (χ1v) is 11.8.